The van der Waals surface area contributed by atoms with Crippen LogP contribution >= 0.6 is 0 Å². The molecule has 0 heterocycles. The number of Topliss-reactive ketones (excluding diaryl/α,β-unsaturated/α-hetero) is 2. The van der Waals surface area contributed by atoms with E-state index < -0.39 is 22.4 Å². The second-order valence-corrected chi connectivity index (χ2v) is 6.91. The number of nitrogens with zero attached hydrogens (tertiary/aromatic N) is 4. The third-order valence-electron chi connectivity index (χ3n) is 4.84. The van der Waals surface area contributed by atoms with Crippen molar-refractivity contribution in [3.8, 4) is 0 Å². The van der Waals surface area contributed by atoms with Crippen LogP contribution in [-0.2, 0) is 4.79 Å². The minimum atomic E-state index is -1.16. The first-order chi connectivity index (χ1) is 15.0. The Morgan fingerprint density at radius 3 is 2.10 bits per heavy atom. The Hall–Kier alpha value is -4.33. The standard InChI is InChI=1S/C23H16N4O4/c1-14(28)20-22(18-8-5-9-19(27(30)31)21(18)23(20)29)24-15-10-12-17(13-11-15)26-25-16-6-3-2-4-7-16/h2-13,20H,1H3. The molecule has 1 aliphatic rings. The first-order valence-electron chi connectivity index (χ1n) is 9.43. The molecule has 3 aromatic rings. The molecular weight excluding hydrogens is 396 g/mol. The molecule has 1 atom stereocenters. The van der Waals surface area contributed by atoms with Gasteiger partial charge in [-0.05, 0) is 43.3 Å². The Morgan fingerprint density at radius 1 is 0.871 bits per heavy atom. The van der Waals surface area contributed by atoms with Crippen LogP contribution in [0.3, 0.4) is 0 Å². The van der Waals surface area contributed by atoms with Gasteiger partial charge in [0, 0.05) is 11.6 Å². The summed E-state index contributed by atoms with van der Waals surface area (Å²) in [5.41, 5.74) is 1.96. The lowest BCUT2D eigenvalue weighted by Gasteiger charge is -2.06. The number of fused-ring (bicyclic) bond motifs is 1. The van der Waals surface area contributed by atoms with E-state index in [1.165, 1.54) is 19.1 Å². The molecule has 31 heavy (non-hydrogen) atoms. The van der Waals surface area contributed by atoms with Gasteiger partial charge in [-0.1, -0.05) is 30.3 Å². The first-order valence-corrected chi connectivity index (χ1v) is 9.43. The molecule has 0 N–H and O–H groups in total. The van der Waals surface area contributed by atoms with Gasteiger partial charge in [0.05, 0.1) is 27.7 Å². The molecule has 152 valence electrons. The minimum absolute atomic E-state index is 0.0697. The fraction of sp³-hybridized carbons (Fsp3) is 0.0870. The average Bonchev–Trinajstić information content (AvgIpc) is 3.05. The summed E-state index contributed by atoms with van der Waals surface area (Å²) in [5.74, 6) is -2.17. The highest BCUT2D eigenvalue weighted by Gasteiger charge is 2.43. The van der Waals surface area contributed by atoms with E-state index in [2.05, 4.69) is 15.2 Å². The van der Waals surface area contributed by atoms with Crippen molar-refractivity contribution in [2.75, 3.05) is 0 Å². The molecule has 0 fully saturated rings. The highest BCUT2D eigenvalue weighted by molar-refractivity contribution is 6.38. The normalized spacial score (nSPS) is 16.6. The number of ketones is 2. The Kier molecular flexibility index (Phi) is 5.28. The molecule has 0 aromatic heterocycles. The van der Waals surface area contributed by atoms with Crippen molar-refractivity contribution >= 4 is 40.0 Å². The topological polar surface area (TPSA) is 114 Å². The third-order valence-corrected chi connectivity index (χ3v) is 4.84. The van der Waals surface area contributed by atoms with E-state index in [0.717, 1.165) is 5.69 Å². The second kappa shape index (κ2) is 8.19. The van der Waals surface area contributed by atoms with Gasteiger partial charge in [-0.15, -0.1) is 0 Å². The smallest absolute Gasteiger partial charge is 0.280 e. The number of rotatable bonds is 5. The highest BCUT2D eigenvalue weighted by Crippen LogP contribution is 2.36. The predicted molar refractivity (Wildman–Crippen MR) is 115 cm³/mol. The highest BCUT2D eigenvalue weighted by atomic mass is 16.6. The number of hydrogen-bond acceptors (Lipinski definition) is 7. The van der Waals surface area contributed by atoms with Gasteiger partial charge in [-0.25, -0.2) is 0 Å². The molecule has 0 saturated carbocycles. The predicted octanol–water partition coefficient (Wildman–Crippen LogP) is 5.53. The van der Waals surface area contributed by atoms with Gasteiger partial charge < -0.3 is 0 Å². The van der Waals surface area contributed by atoms with Crippen molar-refractivity contribution < 1.29 is 14.5 Å². The maximum absolute atomic E-state index is 12.8. The Balaban J connectivity index is 1.70. The van der Waals surface area contributed by atoms with E-state index in [9.17, 15) is 19.7 Å². The van der Waals surface area contributed by atoms with Crippen LogP contribution < -0.4 is 0 Å². The second-order valence-electron chi connectivity index (χ2n) is 6.91. The van der Waals surface area contributed by atoms with Crippen LogP contribution in [0.5, 0.6) is 0 Å². The molecule has 0 bridgehead atoms. The van der Waals surface area contributed by atoms with Crippen molar-refractivity contribution in [2.45, 2.75) is 6.92 Å². The van der Waals surface area contributed by atoms with Gasteiger partial charge in [-0.2, -0.15) is 10.2 Å². The van der Waals surface area contributed by atoms with Gasteiger partial charge in [0.2, 0.25) is 0 Å². The summed E-state index contributed by atoms with van der Waals surface area (Å²) in [6, 6.07) is 20.4. The SMILES string of the molecule is CC(=O)C1C(=O)c2c(cccc2[N+](=O)[O-])C1=Nc1ccc(N=Nc2ccccc2)cc1. The average molecular weight is 412 g/mol. The number of nitro benzene ring substituents is 1. The minimum Gasteiger partial charge on any atom is -0.299 e. The summed E-state index contributed by atoms with van der Waals surface area (Å²) >= 11 is 0. The molecule has 3 aromatic carbocycles. The summed E-state index contributed by atoms with van der Waals surface area (Å²) in [7, 11) is 0. The number of carbonyl (C=O) groups excluding carboxylic acids is 2. The van der Waals surface area contributed by atoms with E-state index in [4.69, 9.17) is 0 Å². The number of benzene rings is 3. The Labute approximate surface area is 177 Å². The fourth-order valence-corrected chi connectivity index (χ4v) is 3.43. The van der Waals surface area contributed by atoms with Crippen molar-refractivity contribution in [3.05, 3.63) is 94.0 Å². The molecule has 1 unspecified atom stereocenters. The molecule has 1 aliphatic carbocycles. The molecule has 0 amide bonds. The maximum Gasteiger partial charge on any atom is 0.280 e. The van der Waals surface area contributed by atoms with Gasteiger partial charge >= 0.3 is 0 Å². The van der Waals surface area contributed by atoms with Crippen LogP contribution in [-0.4, -0.2) is 22.2 Å². The first kappa shape index (κ1) is 20.0. The quantitative estimate of drug-likeness (QED) is 0.237. The fourth-order valence-electron chi connectivity index (χ4n) is 3.43. The van der Waals surface area contributed by atoms with E-state index in [1.54, 1.807) is 30.3 Å². The number of nitro groups is 1. The number of carbonyl (C=O) groups is 2. The third kappa shape index (κ3) is 3.91. The zero-order valence-corrected chi connectivity index (χ0v) is 16.4. The number of hydrogen-bond donors (Lipinski definition) is 0. The van der Waals surface area contributed by atoms with Crippen molar-refractivity contribution in [1.29, 1.82) is 0 Å². The lowest BCUT2D eigenvalue weighted by Crippen LogP contribution is -2.23. The zero-order valence-electron chi connectivity index (χ0n) is 16.4. The largest absolute Gasteiger partial charge is 0.299 e. The summed E-state index contributed by atoms with van der Waals surface area (Å²) in [4.78, 5) is 40.2. The molecule has 0 radical (unpaired) electrons. The van der Waals surface area contributed by atoms with Crippen LogP contribution in [0.2, 0.25) is 0 Å². The summed E-state index contributed by atoms with van der Waals surface area (Å²) < 4.78 is 0. The lowest BCUT2D eigenvalue weighted by molar-refractivity contribution is -0.385. The molecule has 0 saturated heterocycles. The molecule has 8 nitrogen and oxygen atoms in total. The van der Waals surface area contributed by atoms with E-state index in [-0.39, 0.29) is 17.0 Å². The van der Waals surface area contributed by atoms with Crippen molar-refractivity contribution in [3.63, 3.8) is 0 Å². The van der Waals surface area contributed by atoms with Crippen LogP contribution in [0, 0.1) is 16.0 Å². The number of azo groups is 1. The van der Waals surface area contributed by atoms with Gasteiger partial charge in [0.1, 0.15) is 17.3 Å². The number of aliphatic imine (C=N–C) groups is 1. The summed E-state index contributed by atoms with van der Waals surface area (Å²) in [6.45, 7) is 1.28. The van der Waals surface area contributed by atoms with Crippen LogP contribution in [0.25, 0.3) is 0 Å². The molecule has 0 spiro atoms. The van der Waals surface area contributed by atoms with Crippen molar-refractivity contribution in [2.24, 2.45) is 21.1 Å². The monoisotopic (exact) mass is 412 g/mol. The van der Waals surface area contributed by atoms with E-state index >= 15 is 0 Å². The van der Waals surface area contributed by atoms with Crippen LogP contribution in [0.15, 0.2) is 88.0 Å². The summed E-state index contributed by atoms with van der Waals surface area (Å²) in [6.07, 6.45) is 0. The Bertz CT molecular complexity index is 1250. The molecule has 0 aliphatic heterocycles. The van der Waals surface area contributed by atoms with E-state index in [0.29, 0.717) is 16.9 Å². The molecule has 8 heteroatoms. The maximum atomic E-state index is 12.8. The van der Waals surface area contributed by atoms with Crippen molar-refractivity contribution in [1.82, 2.24) is 0 Å². The lowest BCUT2D eigenvalue weighted by atomic mass is 9.99. The molecule has 4 rings (SSSR count). The van der Waals surface area contributed by atoms with Gasteiger partial charge in [-0.3, -0.25) is 24.7 Å². The Morgan fingerprint density at radius 2 is 1.48 bits per heavy atom. The summed E-state index contributed by atoms with van der Waals surface area (Å²) in [5, 5.41) is 19.7. The van der Waals surface area contributed by atoms with Crippen LogP contribution in [0.4, 0.5) is 22.7 Å². The van der Waals surface area contributed by atoms with Gasteiger partial charge in [0.15, 0.2) is 5.78 Å². The van der Waals surface area contributed by atoms with Gasteiger partial charge in [0.25, 0.3) is 5.69 Å². The zero-order chi connectivity index (χ0) is 22.0. The van der Waals surface area contributed by atoms with Crippen LogP contribution in [0.1, 0.15) is 22.8 Å². The van der Waals surface area contributed by atoms with E-state index in [1.807, 2.05) is 30.3 Å². The molecular formula is C23H16N4O4.